The Morgan fingerprint density at radius 2 is 2.19 bits per heavy atom. The molecule has 1 aromatic rings. The molecule has 0 saturated heterocycles. The van der Waals surface area contributed by atoms with Crippen molar-refractivity contribution >= 4 is 17.8 Å². The number of aromatic nitrogens is 1. The highest BCUT2D eigenvalue weighted by atomic mass is 35.5. The molecule has 2 heterocycles. The molecule has 7 heteroatoms. The van der Waals surface area contributed by atoms with Crippen molar-refractivity contribution in [1.29, 1.82) is 0 Å². The van der Waals surface area contributed by atoms with E-state index in [1.54, 1.807) is 0 Å². The molecule has 0 saturated carbocycles. The number of hydrogen-bond acceptors (Lipinski definition) is 3. The first-order valence-corrected chi connectivity index (χ1v) is 4.72. The van der Waals surface area contributed by atoms with Gasteiger partial charge in [0.25, 0.3) is 5.60 Å². The largest absolute Gasteiger partial charge is 0.435 e. The van der Waals surface area contributed by atoms with Crippen LogP contribution in [-0.4, -0.2) is 17.4 Å². The zero-order valence-corrected chi connectivity index (χ0v) is 8.59. The highest BCUT2D eigenvalue weighted by Crippen LogP contribution is 2.46. The van der Waals surface area contributed by atoms with Gasteiger partial charge in [-0.1, -0.05) is 16.8 Å². The predicted molar refractivity (Wildman–Crippen MR) is 51.2 cm³/mol. The Hall–Kier alpha value is -1.30. The lowest BCUT2D eigenvalue weighted by atomic mass is 9.91. The van der Waals surface area contributed by atoms with Crippen LogP contribution in [0.15, 0.2) is 23.5 Å². The van der Waals surface area contributed by atoms with Gasteiger partial charge < -0.3 is 4.84 Å². The Bertz CT molecular complexity index is 425. The topological polar surface area (TPSA) is 34.5 Å². The van der Waals surface area contributed by atoms with E-state index in [9.17, 15) is 13.2 Å². The van der Waals surface area contributed by atoms with Crippen molar-refractivity contribution < 1.29 is 18.0 Å². The van der Waals surface area contributed by atoms with Crippen LogP contribution < -0.4 is 0 Å². The van der Waals surface area contributed by atoms with Gasteiger partial charge >= 0.3 is 6.18 Å². The molecule has 0 aromatic carbocycles. The normalized spacial score (nSPS) is 24.5. The maximum atomic E-state index is 13.0. The highest BCUT2D eigenvalue weighted by Gasteiger charge is 2.60. The maximum Gasteiger partial charge on any atom is 0.435 e. The smallest absolute Gasteiger partial charge is 0.375 e. The zero-order valence-electron chi connectivity index (χ0n) is 7.83. The Morgan fingerprint density at radius 1 is 1.44 bits per heavy atom. The van der Waals surface area contributed by atoms with E-state index in [1.165, 1.54) is 12.3 Å². The second-order valence-electron chi connectivity index (χ2n) is 3.28. The quantitative estimate of drug-likeness (QED) is 0.718. The zero-order chi connectivity index (χ0) is 11.8. The second-order valence-corrected chi connectivity index (χ2v) is 3.66. The summed E-state index contributed by atoms with van der Waals surface area (Å²) in [6, 6.07) is 2.35. The molecule has 0 spiro atoms. The predicted octanol–water partition coefficient (Wildman–Crippen LogP) is 2.90. The SMILES string of the molecule is FC(F)(F)C1(c2ccnc(Cl)c2)CC=NO1. The van der Waals surface area contributed by atoms with Gasteiger partial charge in [-0.25, -0.2) is 4.98 Å². The van der Waals surface area contributed by atoms with E-state index in [1.807, 2.05) is 0 Å². The molecule has 0 amide bonds. The van der Waals surface area contributed by atoms with E-state index in [0.717, 1.165) is 12.3 Å². The summed E-state index contributed by atoms with van der Waals surface area (Å²) in [5.74, 6) is 0. The van der Waals surface area contributed by atoms with Crippen LogP contribution in [0.2, 0.25) is 5.15 Å². The van der Waals surface area contributed by atoms with Crippen LogP contribution in [0.4, 0.5) is 13.2 Å². The van der Waals surface area contributed by atoms with Crippen LogP contribution in [0.3, 0.4) is 0 Å². The molecule has 86 valence electrons. The molecular formula is C9H6ClF3N2O. The van der Waals surface area contributed by atoms with E-state index in [0.29, 0.717) is 0 Å². The lowest BCUT2D eigenvalue weighted by Crippen LogP contribution is -2.42. The third kappa shape index (κ3) is 1.63. The lowest BCUT2D eigenvalue weighted by Gasteiger charge is -2.29. The Kier molecular flexibility index (Phi) is 2.53. The summed E-state index contributed by atoms with van der Waals surface area (Å²) in [5, 5.41) is 3.18. The molecule has 0 N–H and O–H groups in total. The molecular weight excluding hydrogens is 245 g/mol. The Balaban J connectivity index is 2.49. The van der Waals surface area contributed by atoms with Crippen LogP contribution >= 0.6 is 11.6 Å². The van der Waals surface area contributed by atoms with E-state index in [2.05, 4.69) is 15.0 Å². The van der Waals surface area contributed by atoms with Gasteiger partial charge in [-0.3, -0.25) is 0 Å². The van der Waals surface area contributed by atoms with Crippen molar-refractivity contribution in [3.8, 4) is 0 Å². The monoisotopic (exact) mass is 250 g/mol. The summed E-state index contributed by atoms with van der Waals surface area (Å²) < 4.78 is 38.9. The molecule has 1 unspecified atom stereocenters. The van der Waals surface area contributed by atoms with E-state index in [-0.39, 0.29) is 17.1 Å². The van der Waals surface area contributed by atoms with Crippen molar-refractivity contribution in [3.63, 3.8) is 0 Å². The number of rotatable bonds is 1. The maximum absolute atomic E-state index is 13.0. The summed E-state index contributed by atoms with van der Waals surface area (Å²) in [5.41, 5.74) is -2.53. The minimum Gasteiger partial charge on any atom is -0.375 e. The van der Waals surface area contributed by atoms with Crippen LogP contribution in [0.1, 0.15) is 12.0 Å². The lowest BCUT2D eigenvalue weighted by molar-refractivity contribution is -0.275. The number of pyridine rings is 1. The van der Waals surface area contributed by atoms with Crippen molar-refractivity contribution in [3.05, 3.63) is 29.0 Å². The van der Waals surface area contributed by atoms with Gasteiger partial charge in [-0.05, 0) is 12.1 Å². The average Bonchev–Trinajstić information content (AvgIpc) is 2.66. The van der Waals surface area contributed by atoms with Gasteiger partial charge in [0.2, 0.25) is 0 Å². The van der Waals surface area contributed by atoms with Gasteiger partial charge in [0.05, 0.1) is 0 Å². The molecule has 16 heavy (non-hydrogen) atoms. The fraction of sp³-hybridized carbons (Fsp3) is 0.333. The molecule has 0 bridgehead atoms. The van der Waals surface area contributed by atoms with Crippen molar-refractivity contribution in [1.82, 2.24) is 4.98 Å². The van der Waals surface area contributed by atoms with Gasteiger partial charge in [-0.2, -0.15) is 13.2 Å². The summed E-state index contributed by atoms with van der Waals surface area (Å²) in [6.07, 6.45) is -2.64. The number of hydrogen-bond donors (Lipinski definition) is 0. The molecule has 2 rings (SSSR count). The Labute approximate surface area is 93.9 Å². The highest BCUT2D eigenvalue weighted by molar-refractivity contribution is 6.29. The summed E-state index contributed by atoms with van der Waals surface area (Å²) in [4.78, 5) is 8.13. The standard InChI is InChI=1S/C9H6ClF3N2O/c10-7-5-6(1-3-14-7)8(9(11,12)13)2-4-15-16-8/h1,3-5H,2H2. The van der Waals surface area contributed by atoms with Gasteiger partial charge in [0.15, 0.2) is 0 Å². The van der Waals surface area contributed by atoms with Gasteiger partial charge in [0.1, 0.15) is 5.15 Å². The fourth-order valence-electron chi connectivity index (χ4n) is 1.49. The van der Waals surface area contributed by atoms with Crippen LogP contribution in [0, 0.1) is 0 Å². The molecule has 0 fully saturated rings. The molecule has 0 aliphatic carbocycles. The average molecular weight is 251 g/mol. The van der Waals surface area contributed by atoms with Crippen LogP contribution in [0.25, 0.3) is 0 Å². The number of alkyl halides is 3. The first kappa shape index (κ1) is 11.2. The number of oxime groups is 1. The fourth-order valence-corrected chi connectivity index (χ4v) is 1.66. The van der Waals surface area contributed by atoms with Crippen LogP contribution in [-0.2, 0) is 10.4 Å². The molecule has 0 radical (unpaired) electrons. The van der Waals surface area contributed by atoms with E-state index >= 15 is 0 Å². The minimum atomic E-state index is -4.56. The van der Waals surface area contributed by atoms with Crippen molar-refractivity contribution in [2.45, 2.75) is 18.2 Å². The van der Waals surface area contributed by atoms with Gasteiger partial charge in [-0.15, -0.1) is 0 Å². The van der Waals surface area contributed by atoms with Crippen molar-refractivity contribution in [2.24, 2.45) is 5.16 Å². The summed E-state index contributed by atoms with van der Waals surface area (Å²) in [6.45, 7) is 0. The summed E-state index contributed by atoms with van der Waals surface area (Å²) in [7, 11) is 0. The van der Waals surface area contributed by atoms with Crippen molar-refractivity contribution in [2.75, 3.05) is 0 Å². The van der Waals surface area contributed by atoms with Crippen LogP contribution in [0.5, 0.6) is 0 Å². The third-order valence-electron chi connectivity index (χ3n) is 2.31. The molecule has 1 aliphatic heterocycles. The number of halogens is 4. The van der Waals surface area contributed by atoms with E-state index in [4.69, 9.17) is 11.6 Å². The van der Waals surface area contributed by atoms with E-state index < -0.39 is 11.8 Å². The molecule has 1 aliphatic rings. The third-order valence-corrected chi connectivity index (χ3v) is 2.52. The minimum absolute atomic E-state index is 0.0170. The second kappa shape index (κ2) is 3.62. The molecule has 3 nitrogen and oxygen atoms in total. The van der Waals surface area contributed by atoms with Gasteiger partial charge in [0, 0.05) is 24.4 Å². The molecule has 1 atom stereocenters. The molecule has 1 aromatic heterocycles. The first-order valence-electron chi connectivity index (χ1n) is 4.34. The summed E-state index contributed by atoms with van der Waals surface area (Å²) >= 11 is 5.56. The Morgan fingerprint density at radius 3 is 2.69 bits per heavy atom. The first-order chi connectivity index (χ1) is 7.46. The number of nitrogens with zero attached hydrogens (tertiary/aromatic N) is 2.